The Labute approximate surface area is 185 Å². The number of rotatable bonds is 8. The summed E-state index contributed by atoms with van der Waals surface area (Å²) in [7, 11) is 1.26. The Balaban J connectivity index is 1.59. The number of hydrogen-bond donors (Lipinski definition) is 1. The summed E-state index contributed by atoms with van der Waals surface area (Å²) in [6.07, 6.45) is -2.86. The van der Waals surface area contributed by atoms with Gasteiger partial charge in [-0.15, -0.1) is 0 Å². The highest BCUT2D eigenvalue weighted by Gasteiger charge is 2.31. The first-order valence-corrected chi connectivity index (χ1v) is 9.67. The zero-order valence-electron chi connectivity index (χ0n) is 17.4. The van der Waals surface area contributed by atoms with Gasteiger partial charge in [-0.2, -0.15) is 18.3 Å². The summed E-state index contributed by atoms with van der Waals surface area (Å²) in [6, 6.07) is 10.2. The number of alkyl halides is 3. The van der Waals surface area contributed by atoms with Crippen molar-refractivity contribution in [1.82, 2.24) is 15.1 Å². The lowest BCUT2D eigenvalue weighted by Gasteiger charge is -2.08. The molecule has 174 valence electrons. The van der Waals surface area contributed by atoms with Gasteiger partial charge in [0.15, 0.2) is 12.4 Å². The van der Waals surface area contributed by atoms with Crippen LogP contribution in [0.1, 0.15) is 21.6 Å². The molecule has 0 aliphatic carbocycles. The smallest absolute Gasteiger partial charge is 0.416 e. The number of hydrogen-bond acceptors (Lipinski definition) is 5. The molecule has 3 aromatic rings. The average molecular weight is 465 g/mol. The number of methoxy groups -OCH3 is 1. The summed E-state index contributed by atoms with van der Waals surface area (Å²) in [6.45, 7) is -0.350. The fraction of sp³-hybridized carbons (Fsp3) is 0.227. The van der Waals surface area contributed by atoms with E-state index in [0.29, 0.717) is 6.42 Å². The number of carbonyl (C=O) groups excluding carboxylic acids is 2. The Morgan fingerprint density at radius 2 is 1.85 bits per heavy atom. The topological polar surface area (TPSA) is 82.5 Å². The molecule has 0 aliphatic heterocycles. The molecule has 33 heavy (non-hydrogen) atoms. The SMILES string of the molecule is COc1cn(-c2cccc(C(F)(F)F)c2)nc1C(=O)OCC(=O)NCCc1ccc(F)cc1. The van der Waals surface area contributed by atoms with Gasteiger partial charge in [0.2, 0.25) is 5.69 Å². The van der Waals surface area contributed by atoms with Gasteiger partial charge in [0.25, 0.3) is 5.91 Å². The summed E-state index contributed by atoms with van der Waals surface area (Å²) >= 11 is 0. The maximum absolute atomic E-state index is 13.0. The molecular formula is C22H19F4N3O4. The fourth-order valence-corrected chi connectivity index (χ4v) is 2.85. The summed E-state index contributed by atoms with van der Waals surface area (Å²) < 4.78 is 62.8. The predicted octanol–water partition coefficient (Wildman–Crippen LogP) is 3.55. The van der Waals surface area contributed by atoms with Gasteiger partial charge in [0.05, 0.1) is 24.6 Å². The van der Waals surface area contributed by atoms with E-state index in [1.807, 2.05) is 0 Å². The number of aromatic nitrogens is 2. The molecule has 0 unspecified atom stereocenters. The Hall–Kier alpha value is -3.89. The van der Waals surface area contributed by atoms with Crippen molar-refractivity contribution in [3.63, 3.8) is 0 Å². The minimum Gasteiger partial charge on any atom is -0.493 e. The Morgan fingerprint density at radius 3 is 2.52 bits per heavy atom. The molecule has 0 radical (unpaired) electrons. The normalized spacial score (nSPS) is 11.2. The monoisotopic (exact) mass is 465 g/mol. The second-order valence-electron chi connectivity index (χ2n) is 6.84. The second kappa shape index (κ2) is 10.2. The van der Waals surface area contributed by atoms with Gasteiger partial charge >= 0.3 is 12.1 Å². The van der Waals surface area contributed by atoms with Crippen molar-refractivity contribution in [2.24, 2.45) is 0 Å². The van der Waals surface area contributed by atoms with Crippen LogP contribution in [0.25, 0.3) is 5.69 Å². The molecule has 0 saturated heterocycles. The van der Waals surface area contributed by atoms with E-state index < -0.39 is 30.2 Å². The molecule has 1 N–H and O–H groups in total. The van der Waals surface area contributed by atoms with E-state index in [0.717, 1.165) is 22.4 Å². The van der Waals surface area contributed by atoms with Crippen LogP contribution in [0.2, 0.25) is 0 Å². The van der Waals surface area contributed by atoms with E-state index in [1.54, 1.807) is 12.1 Å². The molecule has 0 aliphatic rings. The molecule has 11 heteroatoms. The van der Waals surface area contributed by atoms with Gasteiger partial charge in [0.1, 0.15) is 5.82 Å². The van der Waals surface area contributed by atoms with Gasteiger partial charge in [-0.3, -0.25) is 4.79 Å². The van der Waals surface area contributed by atoms with Crippen LogP contribution in [0, 0.1) is 5.82 Å². The second-order valence-corrected chi connectivity index (χ2v) is 6.84. The van der Waals surface area contributed by atoms with Crippen LogP contribution < -0.4 is 10.1 Å². The molecule has 0 spiro atoms. The number of halogens is 4. The lowest BCUT2D eigenvalue weighted by Crippen LogP contribution is -2.30. The summed E-state index contributed by atoms with van der Waals surface area (Å²) in [4.78, 5) is 24.3. The van der Waals surface area contributed by atoms with E-state index >= 15 is 0 Å². The zero-order valence-corrected chi connectivity index (χ0v) is 17.4. The Bertz CT molecular complexity index is 1130. The minimum absolute atomic E-state index is 0.0332. The molecule has 0 bridgehead atoms. The first-order valence-electron chi connectivity index (χ1n) is 9.67. The highest BCUT2D eigenvalue weighted by molar-refractivity contribution is 5.92. The lowest BCUT2D eigenvalue weighted by molar-refractivity contribution is -0.137. The molecule has 0 saturated carbocycles. The van der Waals surface area contributed by atoms with Crippen molar-refractivity contribution >= 4 is 11.9 Å². The van der Waals surface area contributed by atoms with Crippen molar-refractivity contribution in [3.8, 4) is 11.4 Å². The number of ether oxygens (including phenoxy) is 2. The van der Waals surface area contributed by atoms with Gasteiger partial charge in [-0.1, -0.05) is 18.2 Å². The maximum atomic E-state index is 13.0. The first kappa shape index (κ1) is 23.8. The van der Waals surface area contributed by atoms with E-state index in [9.17, 15) is 27.2 Å². The minimum atomic E-state index is -4.54. The Kier molecular flexibility index (Phi) is 7.31. The molecule has 3 rings (SSSR count). The third-order valence-electron chi connectivity index (χ3n) is 4.52. The average Bonchev–Trinajstić information content (AvgIpc) is 3.23. The molecule has 0 atom stereocenters. The third kappa shape index (κ3) is 6.31. The van der Waals surface area contributed by atoms with Gasteiger partial charge in [0, 0.05) is 6.54 Å². The molecule has 1 heterocycles. The van der Waals surface area contributed by atoms with E-state index in [-0.39, 0.29) is 29.5 Å². The van der Waals surface area contributed by atoms with Crippen LogP contribution in [-0.2, 0) is 22.1 Å². The number of amides is 1. The summed E-state index contributed by atoms with van der Waals surface area (Å²) in [5.41, 5.74) is -0.302. The molecule has 7 nitrogen and oxygen atoms in total. The molecule has 2 aromatic carbocycles. The van der Waals surface area contributed by atoms with Crippen molar-refractivity contribution in [3.05, 3.63) is 77.4 Å². The quantitative estimate of drug-likeness (QED) is 0.407. The molecule has 1 aromatic heterocycles. The van der Waals surface area contributed by atoms with Crippen LogP contribution in [0.4, 0.5) is 17.6 Å². The van der Waals surface area contributed by atoms with Crippen LogP contribution in [0.5, 0.6) is 5.75 Å². The van der Waals surface area contributed by atoms with E-state index in [1.165, 1.54) is 37.6 Å². The molecular weight excluding hydrogens is 446 g/mol. The van der Waals surface area contributed by atoms with Crippen LogP contribution in [0.15, 0.2) is 54.7 Å². The number of nitrogens with one attached hydrogen (secondary N) is 1. The van der Waals surface area contributed by atoms with Crippen molar-refractivity contribution in [2.45, 2.75) is 12.6 Å². The highest BCUT2D eigenvalue weighted by atomic mass is 19.4. The van der Waals surface area contributed by atoms with Crippen LogP contribution in [-0.4, -0.2) is 41.9 Å². The highest BCUT2D eigenvalue weighted by Crippen LogP contribution is 2.30. The van der Waals surface area contributed by atoms with E-state index in [4.69, 9.17) is 9.47 Å². The van der Waals surface area contributed by atoms with Crippen molar-refractivity contribution in [1.29, 1.82) is 0 Å². The number of nitrogens with zero attached hydrogens (tertiary/aromatic N) is 2. The first-order chi connectivity index (χ1) is 15.7. The van der Waals surface area contributed by atoms with Crippen LogP contribution in [0.3, 0.4) is 0 Å². The van der Waals surface area contributed by atoms with Gasteiger partial charge < -0.3 is 14.8 Å². The third-order valence-corrected chi connectivity index (χ3v) is 4.52. The summed E-state index contributed by atoms with van der Waals surface area (Å²) in [5.74, 6) is -1.94. The van der Waals surface area contributed by atoms with Gasteiger partial charge in [-0.05, 0) is 42.3 Å². The fourth-order valence-electron chi connectivity index (χ4n) is 2.85. The molecule has 0 fully saturated rings. The van der Waals surface area contributed by atoms with Crippen molar-refractivity contribution in [2.75, 3.05) is 20.3 Å². The standard InChI is InChI=1S/C22H19F4N3O4/c1-32-18-12-29(17-4-2-3-15(11-17)22(24,25)26)28-20(18)21(31)33-13-19(30)27-10-9-14-5-7-16(23)8-6-14/h2-8,11-12H,9-10,13H2,1H3,(H,27,30). The zero-order chi connectivity index (χ0) is 24.0. The maximum Gasteiger partial charge on any atom is 0.416 e. The van der Waals surface area contributed by atoms with Crippen LogP contribution >= 0.6 is 0 Å². The number of esters is 1. The predicted molar refractivity (Wildman–Crippen MR) is 109 cm³/mol. The number of benzene rings is 2. The molecule has 1 amide bonds. The summed E-state index contributed by atoms with van der Waals surface area (Å²) in [5, 5.41) is 6.51. The van der Waals surface area contributed by atoms with Crippen molar-refractivity contribution < 1.29 is 36.6 Å². The van der Waals surface area contributed by atoms with E-state index in [2.05, 4.69) is 10.4 Å². The van der Waals surface area contributed by atoms with Gasteiger partial charge in [-0.25, -0.2) is 13.9 Å². The lowest BCUT2D eigenvalue weighted by atomic mass is 10.1. The largest absolute Gasteiger partial charge is 0.493 e. The Morgan fingerprint density at radius 1 is 1.12 bits per heavy atom. The number of carbonyl (C=O) groups is 2.